The molecule has 0 amide bonds. The van der Waals surface area contributed by atoms with Crippen molar-refractivity contribution in [3.8, 4) is 0 Å². The van der Waals surface area contributed by atoms with Gasteiger partial charge in [-0.1, -0.05) is 0 Å². The van der Waals surface area contributed by atoms with Gasteiger partial charge in [-0.2, -0.15) is 0 Å². The molecule has 0 aliphatic carbocycles. The van der Waals surface area contributed by atoms with Crippen LogP contribution in [0.15, 0.2) is 0 Å². The summed E-state index contributed by atoms with van der Waals surface area (Å²) in [4.78, 5) is 0. The predicted octanol–water partition coefficient (Wildman–Crippen LogP) is 1.73. The van der Waals surface area contributed by atoms with Crippen LogP contribution in [0.4, 0.5) is 0 Å². The maximum Gasteiger partial charge on any atom is 0 e. The van der Waals surface area contributed by atoms with Crippen LogP contribution >= 0.6 is 50.9 Å². The zero-order chi connectivity index (χ0) is 0. The third kappa shape index (κ3) is 8.95. The third-order valence-electron chi connectivity index (χ3n) is 0. The fourth-order valence-corrected chi connectivity index (χ4v) is 0. The van der Waals surface area contributed by atoms with Gasteiger partial charge in [-0.05, 0) is 0 Å². The van der Waals surface area contributed by atoms with Crippen LogP contribution in [0.25, 0.3) is 0 Å². The maximum absolute atomic E-state index is 0. The minimum atomic E-state index is 0. The molecule has 0 fully saturated rings. The Kier molecular flexibility index (Phi) is 178. The fraction of sp³-hybridized carbons (Fsp3) is 0. The first-order valence-corrected chi connectivity index (χ1v) is 0. The van der Waals surface area contributed by atoms with Crippen LogP contribution in [0, 0.1) is 0 Å². The molecule has 32 valence electrons. The summed E-state index contributed by atoms with van der Waals surface area (Å²) in [6.07, 6.45) is 0. The summed E-state index contributed by atoms with van der Waals surface area (Å²) < 4.78 is 0. The van der Waals surface area contributed by atoms with Crippen LogP contribution in [-0.4, -0.2) is 0 Å². The van der Waals surface area contributed by atoms with Gasteiger partial charge in [0.2, 0.25) is 0 Å². The first kappa shape index (κ1) is 36.3. The van der Waals surface area contributed by atoms with E-state index < -0.39 is 0 Å². The molecule has 0 radical (unpaired) electrons. The molecule has 0 heterocycles. The molecule has 0 saturated heterocycles. The summed E-state index contributed by atoms with van der Waals surface area (Å²) in [6, 6.07) is 0. The Morgan fingerprint density at radius 3 is 0.500 bits per heavy atom. The molecule has 0 saturated carbocycles. The molecule has 0 aromatic rings. The van der Waals surface area contributed by atoms with Crippen molar-refractivity contribution >= 4 is 50.9 Å². The minimum absolute atomic E-state index is 0. The van der Waals surface area contributed by atoms with E-state index in [1.807, 2.05) is 0 Å². The standard InChI is InChI=1S/3BrH.Os/h3*1H;. The number of halogens is 3. The van der Waals surface area contributed by atoms with Crippen LogP contribution in [0.3, 0.4) is 0 Å². The van der Waals surface area contributed by atoms with Gasteiger partial charge in [-0.3, -0.25) is 0 Å². The molecule has 4 heteroatoms. The van der Waals surface area contributed by atoms with E-state index in [9.17, 15) is 0 Å². The Labute approximate surface area is 70.1 Å². The van der Waals surface area contributed by atoms with Crippen molar-refractivity contribution in [3.63, 3.8) is 0 Å². The van der Waals surface area contributed by atoms with Crippen LogP contribution < -0.4 is 0 Å². The Balaban J connectivity index is 0. The first-order valence-electron chi connectivity index (χ1n) is 0. The van der Waals surface area contributed by atoms with Crippen molar-refractivity contribution in [2.75, 3.05) is 0 Å². The number of hydrogen-bond acceptors (Lipinski definition) is 0. The van der Waals surface area contributed by atoms with Crippen molar-refractivity contribution < 1.29 is 19.8 Å². The Hall–Kier alpha value is 2.08. The molecule has 0 aromatic heterocycles. The number of rotatable bonds is 0. The van der Waals surface area contributed by atoms with Gasteiger partial charge in [0.25, 0.3) is 0 Å². The first-order chi connectivity index (χ1) is 0. The normalized spacial score (nSPS) is 0. The van der Waals surface area contributed by atoms with Crippen LogP contribution in [0.1, 0.15) is 0 Å². The largest absolute Gasteiger partial charge is 0.114 e. The molecular formula is H3Br3Os. The SMILES string of the molecule is Br.Br.Br.[Os]. The minimum Gasteiger partial charge on any atom is -0.114 e. The maximum atomic E-state index is 0. The van der Waals surface area contributed by atoms with Crippen molar-refractivity contribution in [2.45, 2.75) is 0 Å². The zero-order valence-corrected chi connectivity index (χ0v) is 9.26. The van der Waals surface area contributed by atoms with E-state index in [-0.39, 0.29) is 70.7 Å². The molecule has 0 unspecified atom stereocenters. The van der Waals surface area contributed by atoms with Gasteiger partial charge < -0.3 is 0 Å². The van der Waals surface area contributed by atoms with Gasteiger partial charge in [0.05, 0.1) is 0 Å². The summed E-state index contributed by atoms with van der Waals surface area (Å²) in [5, 5.41) is 0. The van der Waals surface area contributed by atoms with Crippen molar-refractivity contribution in [1.29, 1.82) is 0 Å². The van der Waals surface area contributed by atoms with E-state index in [1.54, 1.807) is 0 Å². The molecule has 0 bridgehead atoms. The Morgan fingerprint density at radius 2 is 0.500 bits per heavy atom. The van der Waals surface area contributed by atoms with Gasteiger partial charge in [-0.15, -0.1) is 50.9 Å². The molecule has 0 rings (SSSR count). The van der Waals surface area contributed by atoms with E-state index >= 15 is 0 Å². The monoisotopic (exact) mass is 432 g/mol. The van der Waals surface area contributed by atoms with E-state index in [0.29, 0.717) is 0 Å². The molecule has 0 aliphatic heterocycles. The van der Waals surface area contributed by atoms with E-state index in [0.717, 1.165) is 0 Å². The van der Waals surface area contributed by atoms with E-state index in [4.69, 9.17) is 0 Å². The van der Waals surface area contributed by atoms with E-state index in [2.05, 4.69) is 0 Å². The van der Waals surface area contributed by atoms with Crippen molar-refractivity contribution in [3.05, 3.63) is 0 Å². The molecule has 4 heavy (non-hydrogen) atoms. The molecular weight excluding hydrogens is 430 g/mol. The second-order valence-electron chi connectivity index (χ2n) is 0. The second-order valence-corrected chi connectivity index (χ2v) is 0. The van der Waals surface area contributed by atoms with Gasteiger partial charge in [0.15, 0.2) is 0 Å². The summed E-state index contributed by atoms with van der Waals surface area (Å²) in [5.74, 6) is 0. The molecule has 0 atom stereocenters. The van der Waals surface area contributed by atoms with E-state index in [1.165, 1.54) is 0 Å². The Bertz CT molecular complexity index is 3.25. The topological polar surface area (TPSA) is 0 Å². The van der Waals surface area contributed by atoms with Crippen molar-refractivity contribution in [2.24, 2.45) is 0 Å². The molecule has 0 aliphatic rings. The van der Waals surface area contributed by atoms with Gasteiger partial charge >= 0.3 is 0 Å². The molecule has 0 N–H and O–H groups in total. The quantitative estimate of drug-likeness (QED) is 0.547. The fourth-order valence-electron chi connectivity index (χ4n) is 0. The zero-order valence-electron chi connectivity index (χ0n) is 1.58. The summed E-state index contributed by atoms with van der Waals surface area (Å²) in [6.45, 7) is 0. The number of hydrogen-bond donors (Lipinski definition) is 0. The summed E-state index contributed by atoms with van der Waals surface area (Å²) in [5.41, 5.74) is 0. The van der Waals surface area contributed by atoms with Crippen LogP contribution in [0.2, 0.25) is 0 Å². The van der Waals surface area contributed by atoms with Gasteiger partial charge in [0.1, 0.15) is 0 Å². The smallest absolute Gasteiger partial charge is 0 e. The van der Waals surface area contributed by atoms with Crippen LogP contribution in [0.5, 0.6) is 0 Å². The molecule has 0 aromatic carbocycles. The summed E-state index contributed by atoms with van der Waals surface area (Å²) in [7, 11) is 0. The van der Waals surface area contributed by atoms with Gasteiger partial charge in [-0.25, -0.2) is 0 Å². The van der Waals surface area contributed by atoms with Gasteiger partial charge in [0, 0.05) is 19.8 Å². The Morgan fingerprint density at radius 1 is 0.500 bits per heavy atom. The van der Waals surface area contributed by atoms with Crippen LogP contribution in [-0.2, 0) is 19.8 Å². The molecule has 0 nitrogen and oxygen atoms in total. The molecule has 0 spiro atoms. The third-order valence-corrected chi connectivity index (χ3v) is 0. The second kappa shape index (κ2) is 19.6. The summed E-state index contributed by atoms with van der Waals surface area (Å²) >= 11 is 0. The van der Waals surface area contributed by atoms with Crippen molar-refractivity contribution in [1.82, 2.24) is 0 Å². The average molecular weight is 433 g/mol. The predicted molar refractivity (Wildman–Crippen MR) is 31.0 cm³/mol. The average Bonchev–Trinajstić information content (AvgIpc) is 0.